The van der Waals surface area contributed by atoms with Crippen LogP contribution in [0.5, 0.6) is 0 Å². The molecule has 28 heavy (non-hydrogen) atoms. The number of rotatable bonds is 4. The number of carbonyl (C=O) groups is 1. The molecule has 4 aromatic rings. The summed E-state index contributed by atoms with van der Waals surface area (Å²) < 4.78 is 1.58. The Bertz CT molecular complexity index is 1260. The quantitative estimate of drug-likeness (QED) is 0.534. The van der Waals surface area contributed by atoms with E-state index in [1.165, 1.54) is 17.4 Å². The lowest BCUT2D eigenvalue weighted by Crippen LogP contribution is -2.17. The Labute approximate surface area is 168 Å². The number of fused-ring (bicyclic) bond motifs is 1. The summed E-state index contributed by atoms with van der Waals surface area (Å²) in [5, 5.41) is 15.1. The van der Waals surface area contributed by atoms with Crippen LogP contribution in [0.15, 0.2) is 35.1 Å². The monoisotopic (exact) mass is 414 g/mol. The van der Waals surface area contributed by atoms with Gasteiger partial charge in [-0.25, -0.2) is 9.50 Å². The van der Waals surface area contributed by atoms with Crippen LogP contribution in [0.2, 0.25) is 5.02 Å². The highest BCUT2D eigenvalue weighted by Gasteiger charge is 2.16. The number of nitrogens with zero attached hydrogens (tertiary/aromatic N) is 4. The minimum absolute atomic E-state index is 0.0990. The van der Waals surface area contributed by atoms with Crippen LogP contribution in [0.1, 0.15) is 17.0 Å². The van der Waals surface area contributed by atoms with Crippen LogP contribution in [0.4, 0.5) is 5.13 Å². The van der Waals surface area contributed by atoms with E-state index in [4.69, 9.17) is 11.6 Å². The number of benzene rings is 1. The van der Waals surface area contributed by atoms with Crippen LogP contribution in [0.3, 0.4) is 0 Å². The molecule has 0 aliphatic rings. The van der Waals surface area contributed by atoms with E-state index in [2.05, 4.69) is 25.6 Å². The van der Waals surface area contributed by atoms with Crippen LogP contribution in [-0.4, -0.2) is 30.7 Å². The Hall–Kier alpha value is -3.04. The molecule has 0 fully saturated rings. The summed E-state index contributed by atoms with van der Waals surface area (Å²) in [4.78, 5) is 28.5. The number of H-pyrrole nitrogens is 1. The van der Waals surface area contributed by atoms with Crippen LogP contribution >= 0.6 is 22.9 Å². The average molecular weight is 415 g/mol. The zero-order valence-electron chi connectivity index (χ0n) is 15.0. The van der Waals surface area contributed by atoms with E-state index < -0.39 is 0 Å². The second-order valence-corrected chi connectivity index (χ2v) is 7.58. The number of anilines is 1. The number of hydrogen-bond donors (Lipinski definition) is 2. The molecular formula is C18H15ClN6O2S. The maximum Gasteiger partial charge on any atom is 0.266 e. The molecule has 8 nitrogen and oxygen atoms in total. The Balaban J connectivity index is 1.55. The first-order valence-electron chi connectivity index (χ1n) is 8.38. The molecule has 0 aliphatic heterocycles. The molecule has 0 radical (unpaired) electrons. The fourth-order valence-electron chi connectivity index (χ4n) is 2.95. The number of nitrogens with one attached hydrogen (secondary N) is 2. The Morgan fingerprint density at radius 3 is 2.86 bits per heavy atom. The van der Waals surface area contributed by atoms with Gasteiger partial charge in [-0.15, -0.1) is 10.2 Å². The van der Waals surface area contributed by atoms with Gasteiger partial charge >= 0.3 is 0 Å². The molecule has 0 atom stereocenters. The molecule has 0 spiro atoms. The first-order valence-corrected chi connectivity index (χ1v) is 9.58. The lowest BCUT2D eigenvalue weighted by atomic mass is 10.1. The van der Waals surface area contributed by atoms with Gasteiger partial charge in [0.2, 0.25) is 11.0 Å². The minimum atomic E-state index is -0.247. The fraction of sp³-hybridized carbons (Fsp3) is 0.167. The lowest BCUT2D eigenvalue weighted by Gasteiger charge is -2.10. The maximum atomic E-state index is 12.5. The number of carbonyl (C=O) groups excluding carboxylic acids is 1. The third-order valence-corrected chi connectivity index (χ3v) is 5.52. The zero-order valence-corrected chi connectivity index (χ0v) is 16.6. The first-order chi connectivity index (χ1) is 13.4. The standard InChI is InChI=1S/C18H15ClN6O2S/c1-9-12(10(2)25-14(20-9)8-16(27)24-25)7-15(26)21-18-23-22-17(28-18)11-5-3-4-6-13(11)19/h3-6,8H,7H2,1-2H3,(H,24,27)(H,21,23,26). The molecule has 1 amide bonds. The summed E-state index contributed by atoms with van der Waals surface area (Å²) in [7, 11) is 0. The van der Waals surface area contributed by atoms with Crippen LogP contribution < -0.4 is 10.9 Å². The zero-order chi connectivity index (χ0) is 19.8. The number of halogens is 1. The van der Waals surface area contributed by atoms with E-state index in [9.17, 15) is 9.59 Å². The molecule has 0 saturated carbocycles. The van der Waals surface area contributed by atoms with Crippen molar-refractivity contribution in [1.29, 1.82) is 0 Å². The molecule has 1 aromatic carbocycles. The number of aromatic amines is 1. The molecule has 142 valence electrons. The van der Waals surface area contributed by atoms with Gasteiger partial charge in [-0.2, -0.15) is 0 Å². The van der Waals surface area contributed by atoms with E-state index >= 15 is 0 Å². The van der Waals surface area contributed by atoms with Gasteiger partial charge in [-0.1, -0.05) is 41.1 Å². The summed E-state index contributed by atoms with van der Waals surface area (Å²) in [6.45, 7) is 3.65. The predicted molar refractivity (Wildman–Crippen MR) is 108 cm³/mol. The topological polar surface area (TPSA) is 105 Å². The van der Waals surface area contributed by atoms with Crippen molar-refractivity contribution in [2.75, 3.05) is 5.32 Å². The Morgan fingerprint density at radius 2 is 2.07 bits per heavy atom. The van der Waals surface area contributed by atoms with E-state index in [0.29, 0.717) is 26.5 Å². The summed E-state index contributed by atoms with van der Waals surface area (Å²) in [5.41, 5.74) is 3.25. The van der Waals surface area contributed by atoms with Gasteiger partial charge in [0, 0.05) is 28.6 Å². The Morgan fingerprint density at radius 1 is 1.29 bits per heavy atom. The highest BCUT2D eigenvalue weighted by Crippen LogP contribution is 2.31. The maximum absolute atomic E-state index is 12.5. The van der Waals surface area contributed by atoms with Gasteiger partial charge in [0.1, 0.15) is 0 Å². The molecule has 3 aromatic heterocycles. The molecule has 0 unspecified atom stereocenters. The van der Waals surface area contributed by atoms with Crippen molar-refractivity contribution in [3.05, 3.63) is 62.7 Å². The number of hydrogen-bond acceptors (Lipinski definition) is 6. The molecule has 0 aliphatic carbocycles. The summed E-state index contributed by atoms with van der Waals surface area (Å²) in [6, 6.07) is 8.74. The van der Waals surface area contributed by atoms with E-state index in [0.717, 1.165) is 16.8 Å². The summed E-state index contributed by atoms with van der Waals surface area (Å²) in [6.07, 6.45) is 0.0990. The van der Waals surface area contributed by atoms with Gasteiger partial charge in [-0.3, -0.25) is 14.7 Å². The van der Waals surface area contributed by atoms with Crippen molar-refractivity contribution in [3.63, 3.8) is 0 Å². The SMILES string of the molecule is Cc1nc2cc(=O)[nH]n2c(C)c1CC(=O)Nc1nnc(-c2ccccc2Cl)s1. The molecule has 10 heteroatoms. The van der Waals surface area contributed by atoms with Crippen molar-refractivity contribution in [2.45, 2.75) is 20.3 Å². The smallest absolute Gasteiger partial charge is 0.266 e. The van der Waals surface area contributed by atoms with Crippen molar-refractivity contribution in [3.8, 4) is 10.6 Å². The summed E-state index contributed by atoms with van der Waals surface area (Å²) >= 11 is 7.43. The molecule has 0 saturated heterocycles. The fourth-order valence-corrected chi connectivity index (χ4v) is 4.03. The van der Waals surface area contributed by atoms with Crippen LogP contribution in [-0.2, 0) is 11.2 Å². The Kier molecular flexibility index (Phi) is 4.70. The van der Waals surface area contributed by atoms with Crippen molar-refractivity contribution >= 4 is 39.6 Å². The normalized spacial score (nSPS) is 11.1. The van der Waals surface area contributed by atoms with Gasteiger partial charge in [0.25, 0.3) is 5.56 Å². The van der Waals surface area contributed by atoms with E-state index in [1.54, 1.807) is 10.6 Å². The highest BCUT2D eigenvalue weighted by atomic mass is 35.5. The highest BCUT2D eigenvalue weighted by molar-refractivity contribution is 7.18. The van der Waals surface area contributed by atoms with Gasteiger partial charge in [0.15, 0.2) is 10.7 Å². The first kappa shape index (κ1) is 18.3. The average Bonchev–Trinajstić information content (AvgIpc) is 3.25. The molecular weight excluding hydrogens is 400 g/mol. The number of amides is 1. The van der Waals surface area contributed by atoms with Gasteiger partial charge in [-0.05, 0) is 19.9 Å². The van der Waals surface area contributed by atoms with Gasteiger partial charge in [0.05, 0.1) is 11.4 Å². The van der Waals surface area contributed by atoms with Crippen molar-refractivity contribution in [2.24, 2.45) is 0 Å². The number of aromatic nitrogens is 5. The second-order valence-electron chi connectivity index (χ2n) is 6.19. The predicted octanol–water partition coefficient (Wildman–Crippen LogP) is 2.99. The largest absolute Gasteiger partial charge is 0.300 e. The number of aryl methyl sites for hydroxylation is 2. The molecule has 2 N–H and O–H groups in total. The summed E-state index contributed by atoms with van der Waals surface area (Å²) in [5.74, 6) is -0.247. The molecule has 4 rings (SSSR count). The molecule has 0 bridgehead atoms. The minimum Gasteiger partial charge on any atom is -0.300 e. The van der Waals surface area contributed by atoms with Crippen molar-refractivity contribution < 1.29 is 4.79 Å². The third-order valence-electron chi connectivity index (χ3n) is 4.32. The van der Waals surface area contributed by atoms with Gasteiger partial charge < -0.3 is 5.32 Å². The van der Waals surface area contributed by atoms with Crippen LogP contribution in [0.25, 0.3) is 16.2 Å². The van der Waals surface area contributed by atoms with E-state index in [1.807, 2.05) is 32.0 Å². The van der Waals surface area contributed by atoms with Crippen LogP contribution in [0, 0.1) is 13.8 Å². The molecule has 3 heterocycles. The van der Waals surface area contributed by atoms with Crippen molar-refractivity contribution in [1.82, 2.24) is 24.8 Å². The third kappa shape index (κ3) is 3.41. The second kappa shape index (κ2) is 7.17. The van der Waals surface area contributed by atoms with E-state index in [-0.39, 0.29) is 17.9 Å². The lowest BCUT2D eigenvalue weighted by molar-refractivity contribution is -0.115.